The summed E-state index contributed by atoms with van der Waals surface area (Å²) in [6.07, 6.45) is 8.23. The van der Waals surface area contributed by atoms with Gasteiger partial charge in [-0.15, -0.1) is 11.3 Å². The third-order valence-corrected chi connectivity index (χ3v) is 6.12. The van der Waals surface area contributed by atoms with E-state index in [0.717, 1.165) is 30.8 Å². The van der Waals surface area contributed by atoms with Crippen LogP contribution in [-0.4, -0.2) is 60.4 Å². The maximum absolute atomic E-state index is 12.3. The molecular weight excluding hydrogens is 346 g/mol. The SMILES string of the molecule is CC1CCCC(NC(=O)CN2CCN(C(=O)/C=C/c3cccs3)CC2)C1. The lowest BCUT2D eigenvalue weighted by molar-refractivity contribution is -0.128. The fourth-order valence-electron chi connectivity index (χ4n) is 3.81. The van der Waals surface area contributed by atoms with Gasteiger partial charge >= 0.3 is 0 Å². The molecular formula is C20H29N3O2S. The smallest absolute Gasteiger partial charge is 0.246 e. The minimum Gasteiger partial charge on any atom is -0.352 e. The molecule has 1 saturated carbocycles. The number of hydrogen-bond acceptors (Lipinski definition) is 4. The Labute approximate surface area is 160 Å². The molecule has 1 aliphatic carbocycles. The summed E-state index contributed by atoms with van der Waals surface area (Å²) in [4.78, 5) is 29.7. The van der Waals surface area contributed by atoms with Gasteiger partial charge in [0.2, 0.25) is 11.8 Å². The van der Waals surface area contributed by atoms with Gasteiger partial charge in [0.1, 0.15) is 0 Å². The molecule has 1 aromatic heterocycles. The number of amides is 2. The van der Waals surface area contributed by atoms with E-state index in [1.807, 2.05) is 28.5 Å². The molecule has 5 nitrogen and oxygen atoms in total. The molecule has 6 heteroatoms. The van der Waals surface area contributed by atoms with Gasteiger partial charge in [-0.1, -0.05) is 25.8 Å². The predicted octanol–water partition coefficient (Wildman–Crippen LogP) is 2.60. The van der Waals surface area contributed by atoms with Gasteiger partial charge in [0.05, 0.1) is 6.54 Å². The maximum atomic E-state index is 12.3. The summed E-state index contributed by atoms with van der Waals surface area (Å²) < 4.78 is 0. The number of piperazine rings is 1. The van der Waals surface area contributed by atoms with E-state index >= 15 is 0 Å². The zero-order valence-electron chi connectivity index (χ0n) is 15.5. The fourth-order valence-corrected chi connectivity index (χ4v) is 4.43. The van der Waals surface area contributed by atoms with Crippen LogP contribution < -0.4 is 5.32 Å². The second-order valence-electron chi connectivity index (χ2n) is 7.49. The van der Waals surface area contributed by atoms with E-state index in [9.17, 15) is 9.59 Å². The first-order valence-corrected chi connectivity index (χ1v) is 10.5. The van der Waals surface area contributed by atoms with Crippen molar-refractivity contribution in [2.45, 2.75) is 38.6 Å². The van der Waals surface area contributed by atoms with E-state index in [2.05, 4.69) is 17.1 Å². The Bertz CT molecular complexity index is 621. The quantitative estimate of drug-likeness (QED) is 0.805. The Morgan fingerprint density at radius 3 is 2.77 bits per heavy atom. The maximum Gasteiger partial charge on any atom is 0.246 e. The van der Waals surface area contributed by atoms with Crippen LogP contribution in [0, 0.1) is 5.92 Å². The number of nitrogens with zero attached hydrogens (tertiary/aromatic N) is 2. The molecule has 26 heavy (non-hydrogen) atoms. The van der Waals surface area contributed by atoms with Crippen molar-refractivity contribution in [3.8, 4) is 0 Å². The van der Waals surface area contributed by atoms with Gasteiger partial charge in [0, 0.05) is 43.2 Å². The minimum absolute atomic E-state index is 0.0543. The van der Waals surface area contributed by atoms with Crippen molar-refractivity contribution in [1.29, 1.82) is 0 Å². The number of hydrogen-bond donors (Lipinski definition) is 1. The van der Waals surface area contributed by atoms with Crippen LogP contribution in [0.5, 0.6) is 0 Å². The van der Waals surface area contributed by atoms with Crippen LogP contribution in [0.2, 0.25) is 0 Å². The van der Waals surface area contributed by atoms with Gasteiger partial charge in [-0.05, 0) is 36.3 Å². The van der Waals surface area contributed by atoms with Crippen LogP contribution in [0.15, 0.2) is 23.6 Å². The third-order valence-electron chi connectivity index (χ3n) is 5.29. The van der Waals surface area contributed by atoms with Crippen molar-refractivity contribution in [2.24, 2.45) is 5.92 Å². The summed E-state index contributed by atoms with van der Waals surface area (Å²) in [5.74, 6) is 0.894. The average Bonchev–Trinajstić information content (AvgIpc) is 3.14. The first-order valence-electron chi connectivity index (χ1n) is 9.62. The van der Waals surface area contributed by atoms with Gasteiger partial charge in [0.15, 0.2) is 0 Å². The number of nitrogens with one attached hydrogen (secondary N) is 1. The molecule has 1 saturated heterocycles. The zero-order chi connectivity index (χ0) is 18.4. The van der Waals surface area contributed by atoms with Gasteiger partial charge in [-0.25, -0.2) is 0 Å². The second-order valence-corrected chi connectivity index (χ2v) is 8.47. The lowest BCUT2D eigenvalue weighted by Gasteiger charge is -2.34. The largest absolute Gasteiger partial charge is 0.352 e. The van der Waals surface area contributed by atoms with Gasteiger partial charge in [0.25, 0.3) is 0 Å². The molecule has 142 valence electrons. The highest BCUT2D eigenvalue weighted by Gasteiger charge is 2.24. The van der Waals surface area contributed by atoms with Crippen LogP contribution in [0.1, 0.15) is 37.5 Å². The summed E-state index contributed by atoms with van der Waals surface area (Å²) in [6, 6.07) is 4.32. The summed E-state index contributed by atoms with van der Waals surface area (Å²) in [6.45, 7) is 5.59. The highest BCUT2D eigenvalue weighted by molar-refractivity contribution is 7.10. The van der Waals surface area contributed by atoms with Crippen LogP contribution in [0.25, 0.3) is 6.08 Å². The molecule has 3 rings (SSSR count). The molecule has 0 spiro atoms. The molecule has 1 N–H and O–H groups in total. The Balaban J connectivity index is 1.38. The van der Waals surface area contributed by atoms with E-state index in [1.165, 1.54) is 12.8 Å². The van der Waals surface area contributed by atoms with E-state index < -0.39 is 0 Å². The topological polar surface area (TPSA) is 52.7 Å². The summed E-state index contributed by atoms with van der Waals surface area (Å²) >= 11 is 1.62. The van der Waals surface area contributed by atoms with Crippen molar-refractivity contribution >= 4 is 29.2 Å². The van der Waals surface area contributed by atoms with Crippen LogP contribution >= 0.6 is 11.3 Å². The minimum atomic E-state index is 0.0543. The summed E-state index contributed by atoms with van der Waals surface area (Å²) in [5, 5.41) is 5.20. The number of thiophene rings is 1. The molecule has 2 atom stereocenters. The first-order chi connectivity index (χ1) is 12.6. The molecule has 2 amide bonds. The lowest BCUT2D eigenvalue weighted by Crippen LogP contribution is -2.51. The molecule has 2 heterocycles. The fraction of sp³-hybridized carbons (Fsp3) is 0.600. The summed E-state index contributed by atoms with van der Waals surface area (Å²) in [7, 11) is 0. The van der Waals surface area contributed by atoms with Crippen molar-refractivity contribution in [3.63, 3.8) is 0 Å². The Kier molecular flexibility index (Phi) is 6.86. The number of carbonyl (C=O) groups is 2. The average molecular weight is 376 g/mol. The first kappa shape index (κ1) is 19.1. The molecule has 0 bridgehead atoms. The Morgan fingerprint density at radius 1 is 1.27 bits per heavy atom. The van der Waals surface area contributed by atoms with Crippen molar-refractivity contribution in [1.82, 2.24) is 15.1 Å². The number of carbonyl (C=O) groups excluding carboxylic acids is 2. The molecule has 1 aliphatic heterocycles. The molecule has 0 aromatic carbocycles. The van der Waals surface area contributed by atoms with Crippen LogP contribution in [0.4, 0.5) is 0 Å². The highest BCUT2D eigenvalue weighted by Crippen LogP contribution is 2.23. The van der Waals surface area contributed by atoms with Crippen LogP contribution in [-0.2, 0) is 9.59 Å². The van der Waals surface area contributed by atoms with E-state index in [-0.39, 0.29) is 11.8 Å². The predicted molar refractivity (Wildman–Crippen MR) is 106 cm³/mol. The summed E-state index contributed by atoms with van der Waals surface area (Å²) in [5.41, 5.74) is 0. The highest BCUT2D eigenvalue weighted by atomic mass is 32.1. The normalized spacial score (nSPS) is 24.7. The molecule has 2 fully saturated rings. The molecule has 1 aromatic rings. The Morgan fingerprint density at radius 2 is 2.08 bits per heavy atom. The lowest BCUT2D eigenvalue weighted by atomic mass is 9.87. The van der Waals surface area contributed by atoms with Crippen molar-refractivity contribution < 1.29 is 9.59 Å². The Hall–Kier alpha value is -1.66. The standard InChI is InChI=1S/C20H29N3O2S/c1-16-4-2-5-17(14-16)21-19(24)15-22-9-11-23(12-10-22)20(25)8-7-18-6-3-13-26-18/h3,6-8,13,16-17H,2,4-5,9-12,14-15H2,1H3,(H,21,24)/b8-7+. The van der Waals surface area contributed by atoms with Crippen molar-refractivity contribution in [3.05, 3.63) is 28.5 Å². The molecule has 0 radical (unpaired) electrons. The second kappa shape index (κ2) is 9.33. The zero-order valence-corrected chi connectivity index (χ0v) is 16.3. The van der Waals surface area contributed by atoms with E-state index in [0.29, 0.717) is 31.6 Å². The molecule has 2 aliphatic rings. The van der Waals surface area contributed by atoms with Crippen LogP contribution in [0.3, 0.4) is 0 Å². The monoisotopic (exact) mass is 375 g/mol. The van der Waals surface area contributed by atoms with Gasteiger partial charge < -0.3 is 10.2 Å². The van der Waals surface area contributed by atoms with Gasteiger partial charge in [-0.2, -0.15) is 0 Å². The van der Waals surface area contributed by atoms with Crippen molar-refractivity contribution in [2.75, 3.05) is 32.7 Å². The molecule has 2 unspecified atom stereocenters. The van der Waals surface area contributed by atoms with E-state index in [1.54, 1.807) is 17.4 Å². The third kappa shape index (κ3) is 5.68. The number of rotatable bonds is 5. The van der Waals surface area contributed by atoms with E-state index in [4.69, 9.17) is 0 Å². The van der Waals surface area contributed by atoms with Gasteiger partial charge in [-0.3, -0.25) is 14.5 Å².